The smallest absolute Gasteiger partial charge is 0.373 e. The molecule has 226 valence electrons. The van der Waals surface area contributed by atoms with Crippen LogP contribution in [0.5, 0.6) is 0 Å². The molecule has 1 aliphatic carbocycles. The largest absolute Gasteiger partial charge is 0.545 e. The van der Waals surface area contributed by atoms with Crippen LogP contribution >= 0.6 is 0 Å². The van der Waals surface area contributed by atoms with E-state index in [2.05, 4.69) is 34.7 Å². The number of halogens is 3. The van der Waals surface area contributed by atoms with Crippen molar-refractivity contribution in [2.45, 2.75) is 53.1 Å². The first-order chi connectivity index (χ1) is 20.1. The van der Waals surface area contributed by atoms with Crippen LogP contribution in [-0.4, -0.2) is 56.7 Å². The molecule has 2 saturated heterocycles. The number of carboxylic acid groups (broad SMARTS) is 1. The van der Waals surface area contributed by atoms with E-state index >= 15 is 8.78 Å². The number of nitrogens with zero attached hydrogens (tertiary/aromatic N) is 2. The Hall–Kier alpha value is -4.01. The van der Waals surface area contributed by atoms with Crippen LogP contribution in [-0.2, 0) is 16.0 Å². The molecule has 0 aromatic heterocycles. The third kappa shape index (κ3) is 5.23. The third-order valence-electron chi connectivity index (χ3n) is 8.70. The number of anilines is 1. The predicted octanol–water partition coefficient (Wildman–Crippen LogP) is 4.31. The first kappa shape index (κ1) is 31.9. The van der Waals surface area contributed by atoms with Crippen molar-refractivity contribution in [3.63, 3.8) is 0 Å². The van der Waals surface area contributed by atoms with Crippen molar-refractivity contribution in [1.29, 1.82) is 0 Å². The van der Waals surface area contributed by atoms with E-state index in [0.29, 0.717) is 23.1 Å². The van der Waals surface area contributed by atoms with Gasteiger partial charge in [-0.2, -0.15) is 9.59 Å². The Morgan fingerprint density at radius 1 is 1.05 bits per heavy atom. The number of carbonyl (C=O) groups excluding carboxylic acids is 3. The molecule has 0 spiro atoms. The zero-order valence-corrected chi connectivity index (χ0v) is 24.8. The topological polar surface area (TPSA) is 80.5 Å². The molecule has 10 heteroatoms. The number of fused-ring (bicyclic) bond motifs is 2. The Morgan fingerprint density at radius 2 is 1.72 bits per heavy atom. The highest BCUT2D eigenvalue weighted by Gasteiger charge is 2.43. The van der Waals surface area contributed by atoms with Crippen LogP contribution in [0.15, 0.2) is 47.2 Å². The molecule has 0 unspecified atom stereocenters. The van der Waals surface area contributed by atoms with Gasteiger partial charge in [0.15, 0.2) is 17.3 Å². The summed E-state index contributed by atoms with van der Waals surface area (Å²) in [5, 5.41) is 14.3. The lowest BCUT2D eigenvalue weighted by Crippen LogP contribution is -2.50. The summed E-state index contributed by atoms with van der Waals surface area (Å²) in [6, 6.07) is 6.01. The van der Waals surface area contributed by atoms with Gasteiger partial charge in [0.2, 0.25) is 0 Å². The molecular weight excluding hydrogens is 573 g/mol. The van der Waals surface area contributed by atoms with Crippen molar-refractivity contribution in [3.8, 4) is 0 Å². The predicted molar refractivity (Wildman–Crippen MR) is 160 cm³/mol. The van der Waals surface area contributed by atoms with Crippen LogP contribution in [0.4, 0.5) is 18.9 Å². The van der Waals surface area contributed by atoms with Crippen LogP contribution < -0.4 is 15.2 Å². The van der Waals surface area contributed by atoms with E-state index in [4.69, 9.17) is 9.59 Å². The van der Waals surface area contributed by atoms with Gasteiger partial charge < -0.3 is 14.8 Å². The van der Waals surface area contributed by atoms with Crippen molar-refractivity contribution in [3.05, 3.63) is 86.9 Å². The molecular formula is C33H35F3N2O4Si. The van der Waals surface area contributed by atoms with Gasteiger partial charge in [-0.25, -0.2) is 17.7 Å². The van der Waals surface area contributed by atoms with E-state index in [1.54, 1.807) is 6.92 Å². The summed E-state index contributed by atoms with van der Waals surface area (Å²) in [4.78, 5) is 30.8. The van der Waals surface area contributed by atoms with Crippen molar-refractivity contribution in [2.24, 2.45) is 0 Å². The molecule has 0 saturated carbocycles. The number of carbonyl (C=O) groups is 1. The Balaban J connectivity index is 0.00000102. The zero-order chi connectivity index (χ0) is 30.3. The molecule has 2 fully saturated rings. The zero-order valence-electron chi connectivity index (χ0n) is 23.8. The van der Waals surface area contributed by atoms with Gasteiger partial charge >= 0.3 is 6.15 Å². The monoisotopic (exact) mass is 608 g/mol. The SMILES string of the molecule is C.CCCc1c(F)c(F)c(C(=O)[O-])c(C2=C3C=CC(=[N+]4CCC4)C=C3[Si](C)(C)c3cc(N4CCC4)ccc32)c1F.O=C=O. The number of benzene rings is 2. The summed E-state index contributed by atoms with van der Waals surface area (Å²) < 4.78 is 49.0. The molecule has 0 radical (unpaired) electrons. The molecule has 0 amide bonds. The fourth-order valence-electron chi connectivity index (χ4n) is 6.24. The van der Waals surface area contributed by atoms with E-state index in [1.807, 2.05) is 24.3 Å². The minimum absolute atomic E-state index is 0. The van der Waals surface area contributed by atoms with Gasteiger partial charge in [-0.05, 0) is 58.1 Å². The number of carboxylic acids is 1. The van der Waals surface area contributed by atoms with E-state index in [1.165, 1.54) is 0 Å². The maximum atomic E-state index is 16.3. The van der Waals surface area contributed by atoms with E-state index in [9.17, 15) is 14.3 Å². The Labute approximate surface area is 250 Å². The lowest BCUT2D eigenvalue weighted by molar-refractivity contribution is -0.582. The second-order valence-corrected chi connectivity index (χ2v) is 15.8. The van der Waals surface area contributed by atoms with Gasteiger partial charge in [-0.1, -0.05) is 39.9 Å². The van der Waals surface area contributed by atoms with E-state index < -0.39 is 48.2 Å². The summed E-state index contributed by atoms with van der Waals surface area (Å²) in [7, 11) is -2.38. The molecule has 0 bridgehead atoms. The molecule has 3 heterocycles. The maximum absolute atomic E-state index is 16.3. The van der Waals surface area contributed by atoms with Crippen LogP contribution in [0, 0.1) is 17.5 Å². The molecule has 4 aliphatic rings. The van der Waals surface area contributed by atoms with Crippen LogP contribution in [0.25, 0.3) is 5.57 Å². The van der Waals surface area contributed by atoms with Crippen molar-refractivity contribution in [2.75, 3.05) is 31.1 Å². The highest BCUT2D eigenvalue weighted by Crippen LogP contribution is 2.45. The average molecular weight is 609 g/mol. The van der Waals surface area contributed by atoms with E-state index in [-0.39, 0.29) is 20.0 Å². The molecule has 2 aromatic rings. The summed E-state index contributed by atoms with van der Waals surface area (Å²) >= 11 is 0. The van der Waals surface area contributed by atoms with Crippen molar-refractivity contribution >= 4 is 42.4 Å². The fraction of sp³-hybridized carbons (Fsp3) is 0.364. The Bertz CT molecular complexity index is 1660. The summed E-state index contributed by atoms with van der Waals surface area (Å²) in [6.45, 7) is 10.1. The van der Waals surface area contributed by atoms with Crippen molar-refractivity contribution in [1.82, 2.24) is 0 Å². The van der Waals surface area contributed by atoms with Gasteiger partial charge in [0, 0.05) is 47.6 Å². The molecule has 0 N–H and O–H groups in total. The highest BCUT2D eigenvalue weighted by molar-refractivity contribution is 6.98. The van der Waals surface area contributed by atoms with E-state index in [0.717, 1.165) is 60.8 Å². The minimum atomic E-state index is -2.38. The van der Waals surface area contributed by atoms with Gasteiger partial charge in [0.25, 0.3) is 0 Å². The molecule has 6 rings (SSSR count). The minimum Gasteiger partial charge on any atom is -0.545 e. The van der Waals surface area contributed by atoms with Gasteiger partial charge in [-0.15, -0.1) is 0 Å². The third-order valence-corrected chi connectivity index (χ3v) is 12.2. The molecule has 0 atom stereocenters. The number of aromatic carboxylic acids is 1. The van der Waals surface area contributed by atoms with Crippen LogP contribution in [0.3, 0.4) is 0 Å². The summed E-state index contributed by atoms with van der Waals surface area (Å²) in [6.07, 6.45) is 8.81. The highest BCUT2D eigenvalue weighted by atomic mass is 28.3. The number of hydrogen-bond acceptors (Lipinski definition) is 5. The maximum Gasteiger partial charge on any atom is 0.373 e. The van der Waals surface area contributed by atoms with Crippen LogP contribution in [0.1, 0.15) is 60.7 Å². The second-order valence-electron chi connectivity index (χ2n) is 11.4. The normalized spacial score (nSPS) is 17.7. The number of rotatable bonds is 5. The quantitative estimate of drug-likeness (QED) is 0.287. The summed E-state index contributed by atoms with van der Waals surface area (Å²) in [5.74, 6) is -5.98. The molecule has 2 aromatic carbocycles. The Morgan fingerprint density at radius 3 is 2.26 bits per heavy atom. The Kier molecular flexibility index (Phi) is 9.13. The van der Waals surface area contributed by atoms with Gasteiger partial charge in [0.05, 0.1) is 12.4 Å². The standard InChI is InChI=1S/C31H31F3N2O2Si.CO2.CH4/c1-4-7-22-28(32)26(27(31(37)38)30(34)29(22)33)25-20-10-8-18(35-12-5-13-35)16-23(20)39(2,3)24-17-19(9-11-21(24)25)36-14-6-15-36;2-1-3;/h8-11,16-17H,4-7,12-15H2,1-3H3;;1H4. The van der Waals surface area contributed by atoms with Gasteiger partial charge in [-0.3, -0.25) is 0 Å². The number of allylic oxidation sites excluding steroid dienone is 5. The molecule has 3 aliphatic heterocycles. The fourth-order valence-corrected chi connectivity index (χ4v) is 9.31. The first-order valence-electron chi connectivity index (χ1n) is 14.1. The van der Waals surface area contributed by atoms with Crippen LogP contribution in [0.2, 0.25) is 13.1 Å². The second kappa shape index (κ2) is 12.3. The summed E-state index contributed by atoms with van der Waals surface area (Å²) in [5.41, 5.74) is 1.88. The molecule has 6 nitrogen and oxygen atoms in total. The van der Waals surface area contributed by atoms with Gasteiger partial charge in [0.1, 0.15) is 27.0 Å². The van der Waals surface area contributed by atoms with Crippen molar-refractivity contribution < 1.29 is 37.2 Å². The lowest BCUT2D eigenvalue weighted by atomic mass is 9.85. The average Bonchev–Trinajstić information content (AvgIpc) is 2.88. The lowest BCUT2D eigenvalue weighted by Gasteiger charge is -2.40. The molecule has 43 heavy (non-hydrogen) atoms. The first-order valence-corrected chi connectivity index (χ1v) is 17.1. The number of hydrogen-bond donors (Lipinski definition) is 0.